The number of carbonyl (C=O) groups is 2. The Morgan fingerprint density at radius 3 is 2.31 bits per heavy atom. The van der Waals surface area contributed by atoms with Gasteiger partial charge in [0.2, 0.25) is 11.8 Å². The Balaban J connectivity index is 1.71. The van der Waals surface area contributed by atoms with Crippen molar-refractivity contribution < 1.29 is 9.59 Å². The number of halogens is 2. The molecule has 136 valence electrons. The first-order valence-electron chi connectivity index (χ1n) is 8.52. The predicted octanol–water partition coefficient (Wildman–Crippen LogP) is 5.11. The number of rotatable bonds is 4. The maximum absolute atomic E-state index is 12.6. The van der Waals surface area contributed by atoms with E-state index in [1.165, 1.54) is 10.5 Å². The lowest BCUT2D eigenvalue weighted by molar-refractivity contribution is -0.122. The number of anilines is 2. The van der Waals surface area contributed by atoms with Crippen LogP contribution in [0.2, 0.25) is 10.0 Å². The third-order valence-electron chi connectivity index (χ3n) is 4.55. The zero-order chi connectivity index (χ0) is 18.8. The standard InChI is InChI=1S/C20H20Cl2N2O2/c1-12(2)13-6-8-15(9-7-13)23-20(26)14-10-18(25)24(11-14)19-16(21)4-3-5-17(19)22/h3-9,12,14H,10-11H2,1-2H3,(H,23,26). The van der Waals surface area contributed by atoms with Gasteiger partial charge in [-0.2, -0.15) is 0 Å². The van der Waals surface area contributed by atoms with Crippen LogP contribution in [0.4, 0.5) is 11.4 Å². The summed E-state index contributed by atoms with van der Waals surface area (Å²) in [6.45, 7) is 4.50. The van der Waals surface area contributed by atoms with Gasteiger partial charge in [-0.05, 0) is 35.7 Å². The highest BCUT2D eigenvalue weighted by molar-refractivity contribution is 6.40. The third-order valence-corrected chi connectivity index (χ3v) is 5.16. The van der Waals surface area contributed by atoms with E-state index in [0.717, 1.165) is 5.69 Å². The molecule has 2 aromatic carbocycles. The summed E-state index contributed by atoms with van der Waals surface area (Å²) in [7, 11) is 0. The van der Waals surface area contributed by atoms with Crippen molar-refractivity contribution in [1.82, 2.24) is 0 Å². The Hall–Kier alpha value is -2.04. The van der Waals surface area contributed by atoms with E-state index in [0.29, 0.717) is 21.7 Å². The van der Waals surface area contributed by atoms with Gasteiger partial charge in [-0.15, -0.1) is 0 Å². The summed E-state index contributed by atoms with van der Waals surface area (Å²) >= 11 is 12.4. The average molecular weight is 391 g/mol. The molecule has 1 saturated heterocycles. The normalized spacial score (nSPS) is 17.0. The van der Waals surface area contributed by atoms with Crippen molar-refractivity contribution in [3.8, 4) is 0 Å². The highest BCUT2D eigenvalue weighted by atomic mass is 35.5. The molecule has 0 radical (unpaired) electrons. The van der Waals surface area contributed by atoms with Crippen LogP contribution in [0.15, 0.2) is 42.5 Å². The minimum absolute atomic E-state index is 0.136. The maximum atomic E-state index is 12.6. The first kappa shape index (κ1) is 18.7. The van der Waals surface area contributed by atoms with E-state index in [1.54, 1.807) is 18.2 Å². The SMILES string of the molecule is CC(C)c1ccc(NC(=O)C2CC(=O)N(c3c(Cl)cccc3Cl)C2)cc1. The molecule has 1 unspecified atom stereocenters. The number of nitrogens with one attached hydrogen (secondary N) is 1. The van der Waals surface area contributed by atoms with E-state index in [9.17, 15) is 9.59 Å². The molecular weight excluding hydrogens is 371 g/mol. The lowest BCUT2D eigenvalue weighted by Crippen LogP contribution is -2.28. The molecule has 4 nitrogen and oxygen atoms in total. The molecule has 0 aliphatic carbocycles. The summed E-state index contributed by atoms with van der Waals surface area (Å²) in [5.41, 5.74) is 2.40. The molecule has 1 fully saturated rings. The summed E-state index contributed by atoms with van der Waals surface area (Å²) in [6, 6.07) is 12.8. The van der Waals surface area contributed by atoms with Crippen LogP contribution in [0, 0.1) is 5.92 Å². The van der Waals surface area contributed by atoms with Crippen LogP contribution in [0.3, 0.4) is 0 Å². The van der Waals surface area contributed by atoms with Gasteiger partial charge in [0.1, 0.15) is 0 Å². The molecule has 2 amide bonds. The van der Waals surface area contributed by atoms with E-state index < -0.39 is 5.92 Å². The monoisotopic (exact) mass is 390 g/mol. The molecule has 1 aliphatic heterocycles. The van der Waals surface area contributed by atoms with Gasteiger partial charge in [0, 0.05) is 18.7 Å². The molecule has 1 aliphatic rings. The summed E-state index contributed by atoms with van der Waals surface area (Å²) in [5, 5.41) is 3.69. The van der Waals surface area contributed by atoms with Crippen molar-refractivity contribution in [1.29, 1.82) is 0 Å². The van der Waals surface area contributed by atoms with Crippen molar-refractivity contribution in [3.05, 3.63) is 58.1 Å². The number of nitrogens with zero attached hydrogens (tertiary/aromatic N) is 1. The molecule has 1 atom stereocenters. The molecule has 0 bridgehead atoms. The van der Waals surface area contributed by atoms with Crippen LogP contribution in [0.5, 0.6) is 0 Å². The molecule has 3 rings (SSSR count). The zero-order valence-electron chi connectivity index (χ0n) is 14.6. The molecule has 0 spiro atoms. The Morgan fingerprint density at radius 1 is 1.12 bits per heavy atom. The van der Waals surface area contributed by atoms with Gasteiger partial charge in [0.15, 0.2) is 0 Å². The number of hydrogen-bond donors (Lipinski definition) is 1. The fraction of sp³-hybridized carbons (Fsp3) is 0.300. The Morgan fingerprint density at radius 2 is 1.73 bits per heavy atom. The second kappa shape index (κ2) is 7.68. The molecular formula is C20H20Cl2N2O2. The van der Waals surface area contributed by atoms with Crippen molar-refractivity contribution >= 4 is 46.4 Å². The van der Waals surface area contributed by atoms with E-state index >= 15 is 0 Å². The van der Waals surface area contributed by atoms with E-state index in [1.807, 2.05) is 24.3 Å². The second-order valence-electron chi connectivity index (χ2n) is 6.74. The number of amides is 2. The first-order chi connectivity index (χ1) is 12.4. The van der Waals surface area contributed by atoms with Gasteiger partial charge in [-0.25, -0.2) is 0 Å². The summed E-state index contributed by atoms with van der Waals surface area (Å²) in [5.74, 6) is -0.350. The largest absolute Gasteiger partial charge is 0.326 e. The quantitative estimate of drug-likeness (QED) is 0.788. The van der Waals surface area contributed by atoms with Gasteiger partial charge in [-0.3, -0.25) is 9.59 Å². The summed E-state index contributed by atoms with van der Waals surface area (Å²) < 4.78 is 0. The highest BCUT2D eigenvalue weighted by Crippen LogP contribution is 2.37. The van der Waals surface area contributed by atoms with Crippen LogP contribution in [-0.4, -0.2) is 18.4 Å². The van der Waals surface area contributed by atoms with Crippen LogP contribution < -0.4 is 10.2 Å². The molecule has 0 saturated carbocycles. The van der Waals surface area contributed by atoms with Crippen molar-refractivity contribution in [2.75, 3.05) is 16.8 Å². The first-order valence-corrected chi connectivity index (χ1v) is 9.27. The minimum atomic E-state index is -0.445. The number of benzene rings is 2. The molecule has 6 heteroatoms. The van der Waals surface area contributed by atoms with Crippen LogP contribution in [-0.2, 0) is 9.59 Å². The predicted molar refractivity (Wildman–Crippen MR) is 106 cm³/mol. The van der Waals surface area contributed by atoms with Crippen LogP contribution in [0.1, 0.15) is 31.7 Å². The number of carbonyl (C=O) groups excluding carboxylic acids is 2. The van der Waals surface area contributed by atoms with Crippen molar-refractivity contribution in [2.24, 2.45) is 5.92 Å². The molecule has 0 aromatic heterocycles. The van der Waals surface area contributed by atoms with Crippen molar-refractivity contribution in [2.45, 2.75) is 26.2 Å². The summed E-state index contributed by atoms with van der Waals surface area (Å²) in [6.07, 6.45) is 0.136. The average Bonchev–Trinajstić information content (AvgIpc) is 2.97. The molecule has 26 heavy (non-hydrogen) atoms. The van der Waals surface area contributed by atoms with Crippen molar-refractivity contribution in [3.63, 3.8) is 0 Å². The third kappa shape index (κ3) is 3.87. The fourth-order valence-corrected chi connectivity index (χ4v) is 3.64. The smallest absolute Gasteiger partial charge is 0.229 e. The maximum Gasteiger partial charge on any atom is 0.229 e. The second-order valence-corrected chi connectivity index (χ2v) is 7.56. The Bertz CT molecular complexity index is 814. The molecule has 2 aromatic rings. The van der Waals surface area contributed by atoms with Gasteiger partial charge in [0.05, 0.1) is 21.7 Å². The number of hydrogen-bond acceptors (Lipinski definition) is 2. The lowest BCUT2D eigenvalue weighted by atomic mass is 10.0. The Labute approximate surface area is 163 Å². The van der Waals surface area contributed by atoms with E-state index in [2.05, 4.69) is 19.2 Å². The summed E-state index contributed by atoms with van der Waals surface area (Å²) in [4.78, 5) is 26.5. The van der Waals surface area contributed by atoms with Crippen LogP contribution >= 0.6 is 23.2 Å². The zero-order valence-corrected chi connectivity index (χ0v) is 16.1. The Kier molecular flexibility index (Phi) is 5.54. The van der Waals surface area contributed by atoms with Gasteiger partial charge in [0.25, 0.3) is 0 Å². The van der Waals surface area contributed by atoms with E-state index in [4.69, 9.17) is 23.2 Å². The van der Waals surface area contributed by atoms with Gasteiger partial charge in [-0.1, -0.05) is 55.2 Å². The topological polar surface area (TPSA) is 49.4 Å². The minimum Gasteiger partial charge on any atom is -0.326 e. The molecule has 1 N–H and O–H groups in total. The molecule has 1 heterocycles. The highest BCUT2D eigenvalue weighted by Gasteiger charge is 2.36. The number of para-hydroxylation sites is 1. The lowest BCUT2D eigenvalue weighted by Gasteiger charge is -2.19. The van der Waals surface area contributed by atoms with Crippen LogP contribution in [0.25, 0.3) is 0 Å². The van der Waals surface area contributed by atoms with E-state index in [-0.39, 0.29) is 24.8 Å². The fourth-order valence-electron chi connectivity index (χ4n) is 3.04. The van der Waals surface area contributed by atoms with Gasteiger partial charge < -0.3 is 10.2 Å². The van der Waals surface area contributed by atoms with Gasteiger partial charge >= 0.3 is 0 Å².